The van der Waals surface area contributed by atoms with Gasteiger partial charge in [0.2, 0.25) is 0 Å². The molecule has 7 nitrogen and oxygen atoms in total. The van der Waals surface area contributed by atoms with Crippen LogP contribution < -0.4 is 14.5 Å². The van der Waals surface area contributed by atoms with E-state index in [0.29, 0.717) is 16.5 Å². The molecular formula is C23H22ClN3O4S. The molecule has 0 fully saturated rings. The Hall–Kier alpha value is -3.36. The first-order valence-corrected chi connectivity index (χ1v) is 11.4. The molecule has 32 heavy (non-hydrogen) atoms. The number of nitrogens with zero attached hydrogens (tertiary/aromatic N) is 2. The molecule has 166 valence electrons. The van der Waals surface area contributed by atoms with Gasteiger partial charge in [-0.25, -0.2) is 13.8 Å². The van der Waals surface area contributed by atoms with Crippen LogP contribution in [0.3, 0.4) is 0 Å². The Balaban J connectivity index is 1.83. The van der Waals surface area contributed by atoms with Gasteiger partial charge in [0.05, 0.1) is 23.9 Å². The van der Waals surface area contributed by atoms with Crippen molar-refractivity contribution in [1.29, 1.82) is 0 Å². The average Bonchev–Trinajstić information content (AvgIpc) is 2.79. The van der Waals surface area contributed by atoms with E-state index >= 15 is 0 Å². The van der Waals surface area contributed by atoms with E-state index in [4.69, 9.17) is 16.3 Å². The Morgan fingerprint density at radius 1 is 1.03 bits per heavy atom. The summed E-state index contributed by atoms with van der Waals surface area (Å²) >= 11 is 5.85. The van der Waals surface area contributed by atoms with Gasteiger partial charge >= 0.3 is 0 Å². The van der Waals surface area contributed by atoms with Crippen LogP contribution in [0.25, 0.3) is 0 Å². The summed E-state index contributed by atoms with van der Waals surface area (Å²) < 4.78 is 32.8. The minimum Gasteiger partial charge on any atom is -0.497 e. The van der Waals surface area contributed by atoms with E-state index in [9.17, 15) is 13.2 Å². The molecule has 0 aromatic heterocycles. The van der Waals surface area contributed by atoms with Crippen molar-refractivity contribution in [3.63, 3.8) is 0 Å². The second kappa shape index (κ2) is 10.3. The molecule has 0 atom stereocenters. The first kappa shape index (κ1) is 23.3. The van der Waals surface area contributed by atoms with Crippen LogP contribution in [-0.2, 0) is 14.8 Å². The van der Waals surface area contributed by atoms with Gasteiger partial charge in [-0.05, 0) is 61.0 Å². The normalized spacial score (nSPS) is 11.3. The van der Waals surface area contributed by atoms with Crippen molar-refractivity contribution >= 4 is 39.4 Å². The standard InChI is InChI=1S/C23H22ClN3O4S/c1-17-3-9-20(10-4-17)27(32(29,30)22-13-11-21(31-2)12-14-22)16-23(28)26-25-15-18-5-7-19(24)8-6-18/h3-15H,16H2,1-2H3,(H,26,28)/b25-15-. The van der Waals surface area contributed by atoms with Crippen LogP contribution in [0.15, 0.2) is 82.8 Å². The van der Waals surface area contributed by atoms with Crippen molar-refractivity contribution in [2.75, 3.05) is 18.0 Å². The Labute approximate surface area is 192 Å². The zero-order valence-corrected chi connectivity index (χ0v) is 19.1. The highest BCUT2D eigenvalue weighted by Crippen LogP contribution is 2.25. The maximum Gasteiger partial charge on any atom is 0.264 e. The molecule has 0 saturated heterocycles. The Morgan fingerprint density at radius 2 is 1.66 bits per heavy atom. The monoisotopic (exact) mass is 471 g/mol. The molecule has 0 bridgehead atoms. The van der Waals surface area contributed by atoms with Crippen molar-refractivity contribution in [3.05, 3.63) is 88.9 Å². The van der Waals surface area contributed by atoms with Crippen molar-refractivity contribution < 1.29 is 17.9 Å². The van der Waals surface area contributed by atoms with Gasteiger partial charge in [0, 0.05) is 5.02 Å². The largest absolute Gasteiger partial charge is 0.497 e. The average molecular weight is 472 g/mol. The highest BCUT2D eigenvalue weighted by atomic mass is 35.5. The Kier molecular flexibility index (Phi) is 7.50. The minimum absolute atomic E-state index is 0.0383. The molecule has 9 heteroatoms. The van der Waals surface area contributed by atoms with E-state index < -0.39 is 22.5 Å². The predicted octanol–water partition coefficient (Wildman–Crippen LogP) is 4.00. The summed E-state index contributed by atoms with van der Waals surface area (Å²) in [6.07, 6.45) is 1.45. The van der Waals surface area contributed by atoms with Gasteiger partial charge in [0.15, 0.2) is 0 Å². The van der Waals surface area contributed by atoms with Gasteiger partial charge in [0.1, 0.15) is 12.3 Å². The molecule has 0 aliphatic rings. The minimum atomic E-state index is -4.02. The van der Waals surface area contributed by atoms with E-state index in [2.05, 4.69) is 10.5 Å². The molecule has 0 unspecified atom stereocenters. The molecule has 0 spiro atoms. The van der Waals surface area contributed by atoms with Crippen LogP contribution in [0.4, 0.5) is 5.69 Å². The number of aryl methyl sites for hydroxylation is 1. The summed E-state index contributed by atoms with van der Waals surface area (Å²) in [5, 5.41) is 4.49. The second-order valence-corrected chi connectivity index (χ2v) is 9.17. The van der Waals surface area contributed by atoms with Crippen LogP contribution in [-0.4, -0.2) is 34.2 Å². The highest BCUT2D eigenvalue weighted by molar-refractivity contribution is 7.92. The van der Waals surface area contributed by atoms with Crippen molar-refractivity contribution in [3.8, 4) is 5.75 Å². The fraction of sp³-hybridized carbons (Fsp3) is 0.130. The SMILES string of the molecule is COc1ccc(S(=O)(=O)N(CC(=O)N/N=C\c2ccc(Cl)cc2)c2ccc(C)cc2)cc1. The van der Waals surface area contributed by atoms with E-state index in [0.717, 1.165) is 15.4 Å². The van der Waals surface area contributed by atoms with Crippen LogP contribution in [0.1, 0.15) is 11.1 Å². The fourth-order valence-corrected chi connectivity index (χ4v) is 4.34. The number of ether oxygens (including phenoxy) is 1. The zero-order valence-electron chi connectivity index (χ0n) is 17.5. The first-order valence-electron chi connectivity index (χ1n) is 9.60. The Bertz CT molecular complexity index is 1190. The predicted molar refractivity (Wildman–Crippen MR) is 126 cm³/mol. The quantitative estimate of drug-likeness (QED) is 0.397. The smallest absolute Gasteiger partial charge is 0.264 e. The third-order valence-electron chi connectivity index (χ3n) is 4.53. The molecule has 0 aliphatic carbocycles. The number of rotatable bonds is 8. The second-order valence-electron chi connectivity index (χ2n) is 6.87. The number of amides is 1. The van der Waals surface area contributed by atoms with Crippen LogP contribution >= 0.6 is 11.6 Å². The topological polar surface area (TPSA) is 88.1 Å². The fourth-order valence-electron chi connectivity index (χ4n) is 2.79. The number of sulfonamides is 1. The van der Waals surface area contributed by atoms with Gasteiger partial charge < -0.3 is 4.74 Å². The summed E-state index contributed by atoms with van der Waals surface area (Å²) in [7, 11) is -2.52. The molecule has 0 aliphatic heterocycles. The molecule has 0 heterocycles. The van der Waals surface area contributed by atoms with Crippen molar-refractivity contribution in [1.82, 2.24) is 5.43 Å². The number of hydrazone groups is 1. The van der Waals surface area contributed by atoms with Crippen LogP contribution in [0.5, 0.6) is 5.75 Å². The number of hydrogen-bond acceptors (Lipinski definition) is 5. The number of halogens is 1. The highest BCUT2D eigenvalue weighted by Gasteiger charge is 2.27. The molecule has 3 aromatic rings. The number of carbonyl (C=O) groups excluding carboxylic acids is 1. The van der Waals surface area contributed by atoms with Gasteiger partial charge in [-0.1, -0.05) is 41.4 Å². The summed E-state index contributed by atoms with van der Waals surface area (Å²) in [5.41, 5.74) is 4.43. The third kappa shape index (κ3) is 5.87. The summed E-state index contributed by atoms with van der Waals surface area (Å²) in [4.78, 5) is 12.6. The van der Waals surface area contributed by atoms with Gasteiger partial charge in [-0.3, -0.25) is 9.10 Å². The van der Waals surface area contributed by atoms with Gasteiger partial charge in [-0.2, -0.15) is 5.10 Å². The lowest BCUT2D eigenvalue weighted by Crippen LogP contribution is -2.39. The van der Waals surface area contributed by atoms with E-state index in [-0.39, 0.29) is 4.90 Å². The van der Waals surface area contributed by atoms with E-state index in [1.54, 1.807) is 60.7 Å². The first-order chi connectivity index (χ1) is 15.3. The van der Waals surface area contributed by atoms with Crippen LogP contribution in [0.2, 0.25) is 5.02 Å². The number of carbonyl (C=O) groups is 1. The third-order valence-corrected chi connectivity index (χ3v) is 6.57. The van der Waals surface area contributed by atoms with Gasteiger partial charge in [0.25, 0.3) is 15.9 Å². The van der Waals surface area contributed by atoms with Crippen LogP contribution in [0, 0.1) is 6.92 Å². The van der Waals surface area contributed by atoms with Crippen molar-refractivity contribution in [2.45, 2.75) is 11.8 Å². The maximum atomic E-state index is 13.3. The van der Waals surface area contributed by atoms with E-state index in [1.807, 2.05) is 6.92 Å². The number of methoxy groups -OCH3 is 1. The van der Waals surface area contributed by atoms with Gasteiger partial charge in [-0.15, -0.1) is 0 Å². The van der Waals surface area contributed by atoms with E-state index in [1.165, 1.54) is 25.5 Å². The molecular weight excluding hydrogens is 450 g/mol. The zero-order chi connectivity index (χ0) is 23.1. The molecule has 1 amide bonds. The summed E-state index contributed by atoms with van der Waals surface area (Å²) in [5.74, 6) is -0.0620. The number of anilines is 1. The number of hydrogen-bond donors (Lipinski definition) is 1. The number of benzene rings is 3. The van der Waals surface area contributed by atoms with Crippen molar-refractivity contribution in [2.24, 2.45) is 5.10 Å². The molecule has 0 radical (unpaired) electrons. The lowest BCUT2D eigenvalue weighted by molar-refractivity contribution is -0.119. The lowest BCUT2D eigenvalue weighted by atomic mass is 10.2. The number of nitrogens with one attached hydrogen (secondary N) is 1. The molecule has 3 aromatic carbocycles. The molecule has 1 N–H and O–H groups in total. The summed E-state index contributed by atoms with van der Waals surface area (Å²) in [6, 6.07) is 19.7. The lowest BCUT2D eigenvalue weighted by Gasteiger charge is -2.24. The molecule has 3 rings (SSSR count). The summed E-state index contributed by atoms with van der Waals surface area (Å²) in [6.45, 7) is 1.44. The molecule has 0 saturated carbocycles. The Morgan fingerprint density at radius 3 is 2.25 bits per heavy atom. The maximum absolute atomic E-state index is 13.3.